The molecule has 0 fully saturated rings. The average Bonchev–Trinajstić information content (AvgIpc) is 2.74. The molecule has 0 aliphatic heterocycles. The van der Waals surface area contributed by atoms with Crippen LogP contribution in [0.2, 0.25) is 0 Å². The second-order valence-electron chi connectivity index (χ2n) is 6.15. The fourth-order valence-electron chi connectivity index (χ4n) is 2.40. The van der Waals surface area contributed by atoms with Crippen molar-refractivity contribution in [3.8, 4) is 0 Å². The van der Waals surface area contributed by atoms with Crippen LogP contribution in [0.5, 0.6) is 0 Å². The van der Waals surface area contributed by atoms with Gasteiger partial charge in [0.25, 0.3) is 0 Å². The molecule has 2 aromatic carbocycles. The predicted octanol–water partition coefficient (Wildman–Crippen LogP) is 3.26. The van der Waals surface area contributed by atoms with Crippen LogP contribution in [0.25, 0.3) is 0 Å². The van der Waals surface area contributed by atoms with E-state index in [0.29, 0.717) is 15.5 Å². The molecule has 0 heterocycles. The molecule has 164 valence electrons. The predicted molar refractivity (Wildman–Crippen MR) is 118 cm³/mol. The number of hydrogen-bond acceptors (Lipinski definition) is 5. The minimum atomic E-state index is -1.49. The van der Waals surface area contributed by atoms with Gasteiger partial charge in [-0.05, 0) is 31.2 Å². The molecule has 9 nitrogen and oxygen atoms in total. The summed E-state index contributed by atoms with van der Waals surface area (Å²) >= 11 is -1.49. The molecule has 10 heteroatoms. The van der Waals surface area contributed by atoms with Crippen molar-refractivity contribution < 1.29 is 23.7 Å². The van der Waals surface area contributed by atoms with Gasteiger partial charge in [-0.25, -0.2) is 4.79 Å². The summed E-state index contributed by atoms with van der Waals surface area (Å²) in [5.41, 5.74) is 0.639. The highest BCUT2D eigenvalue weighted by Crippen LogP contribution is 2.29. The first kappa shape index (κ1) is 23.9. The van der Waals surface area contributed by atoms with Gasteiger partial charge in [0.2, 0.25) is 17.8 Å². The van der Waals surface area contributed by atoms with Crippen molar-refractivity contribution in [2.75, 3.05) is 17.2 Å². The van der Waals surface area contributed by atoms with Gasteiger partial charge in [0.1, 0.15) is 0 Å². The summed E-state index contributed by atoms with van der Waals surface area (Å²) in [6.45, 7) is 4.73. The molecule has 1 unspecified atom stereocenters. The van der Waals surface area contributed by atoms with Crippen molar-refractivity contribution in [3.05, 3.63) is 48.5 Å². The summed E-state index contributed by atoms with van der Waals surface area (Å²) < 4.78 is 17.8. The number of anilines is 2. The number of ether oxygens (including phenoxy) is 1. The van der Waals surface area contributed by atoms with Crippen molar-refractivity contribution in [2.24, 2.45) is 4.99 Å². The minimum Gasteiger partial charge on any atom is -0.606 e. The van der Waals surface area contributed by atoms with E-state index in [9.17, 15) is 18.9 Å². The number of benzene rings is 2. The largest absolute Gasteiger partial charge is 0.606 e. The zero-order valence-electron chi connectivity index (χ0n) is 17.4. The van der Waals surface area contributed by atoms with E-state index < -0.39 is 23.2 Å². The molecule has 0 saturated carbocycles. The summed E-state index contributed by atoms with van der Waals surface area (Å²) in [5.74, 6) is -0.995. The Morgan fingerprint density at radius 1 is 1.00 bits per heavy atom. The van der Waals surface area contributed by atoms with Gasteiger partial charge in [-0.2, -0.15) is 4.99 Å². The van der Waals surface area contributed by atoms with Gasteiger partial charge in [-0.3, -0.25) is 14.9 Å². The molecule has 2 rings (SSSR count). The number of rotatable bonds is 6. The van der Waals surface area contributed by atoms with Crippen molar-refractivity contribution >= 4 is 46.4 Å². The molecular weight excluding hydrogens is 420 g/mol. The molecule has 0 aromatic heterocycles. The fourth-order valence-corrected chi connectivity index (χ4v) is 3.50. The van der Waals surface area contributed by atoms with E-state index >= 15 is 0 Å². The first-order valence-electron chi connectivity index (χ1n) is 9.54. The number of amides is 3. The summed E-state index contributed by atoms with van der Waals surface area (Å²) in [7, 11) is 0. The lowest BCUT2D eigenvalue weighted by atomic mass is 10.2. The van der Waals surface area contributed by atoms with Gasteiger partial charge in [0.15, 0.2) is 9.79 Å². The molecule has 31 heavy (non-hydrogen) atoms. The van der Waals surface area contributed by atoms with Gasteiger partial charge in [0, 0.05) is 30.6 Å². The molecule has 0 bridgehead atoms. The summed E-state index contributed by atoms with van der Waals surface area (Å²) in [4.78, 5) is 40.2. The minimum absolute atomic E-state index is 0.117. The molecular formula is C21H24N4O5S. The molecule has 2 aromatic rings. The lowest BCUT2D eigenvalue weighted by Gasteiger charge is -2.17. The van der Waals surface area contributed by atoms with Gasteiger partial charge in [-0.1, -0.05) is 25.1 Å². The van der Waals surface area contributed by atoms with Crippen LogP contribution >= 0.6 is 0 Å². The van der Waals surface area contributed by atoms with Gasteiger partial charge in [0.05, 0.1) is 18.0 Å². The normalized spacial score (nSPS) is 11.9. The number of guanidine groups is 1. The molecule has 1 atom stereocenters. The zero-order valence-corrected chi connectivity index (χ0v) is 18.2. The average molecular weight is 445 g/mol. The highest BCUT2D eigenvalue weighted by atomic mass is 32.2. The van der Waals surface area contributed by atoms with E-state index in [4.69, 9.17) is 4.74 Å². The smallest absolute Gasteiger partial charge is 0.413 e. The third-order valence-electron chi connectivity index (χ3n) is 3.76. The number of carbonyl (C=O) groups excluding carboxylic acids is 3. The first-order chi connectivity index (χ1) is 14.8. The fraction of sp³-hybridized carbons (Fsp3) is 0.238. The van der Waals surface area contributed by atoms with E-state index in [-0.39, 0.29) is 30.6 Å². The molecule has 0 aliphatic carbocycles. The Hall–Kier alpha value is -3.37. The van der Waals surface area contributed by atoms with Crippen molar-refractivity contribution in [1.82, 2.24) is 5.32 Å². The van der Waals surface area contributed by atoms with Crippen LogP contribution in [-0.2, 0) is 25.5 Å². The van der Waals surface area contributed by atoms with E-state index in [2.05, 4.69) is 20.9 Å². The summed E-state index contributed by atoms with van der Waals surface area (Å²) in [6, 6.07) is 13.6. The van der Waals surface area contributed by atoms with Crippen LogP contribution in [-0.4, -0.2) is 35.0 Å². The Labute approximate surface area is 183 Å². The van der Waals surface area contributed by atoms with Gasteiger partial charge >= 0.3 is 6.09 Å². The molecule has 0 aliphatic rings. The highest BCUT2D eigenvalue weighted by molar-refractivity contribution is 7.91. The Morgan fingerprint density at radius 2 is 1.71 bits per heavy atom. The first-order valence-corrected chi connectivity index (χ1v) is 10.7. The van der Waals surface area contributed by atoms with Crippen LogP contribution < -0.4 is 16.0 Å². The van der Waals surface area contributed by atoms with E-state index in [1.54, 1.807) is 56.3 Å². The topological polar surface area (TPSA) is 132 Å². The quantitative estimate of drug-likeness (QED) is 0.356. The highest BCUT2D eigenvalue weighted by Gasteiger charge is 2.19. The lowest BCUT2D eigenvalue weighted by Crippen LogP contribution is -2.37. The Bertz CT molecular complexity index is 965. The number of carbonyl (C=O) groups is 3. The molecule has 0 spiro atoms. The number of aliphatic imine (C=N–C) groups is 1. The molecule has 3 N–H and O–H groups in total. The maximum Gasteiger partial charge on any atom is 0.413 e. The number of nitrogens with one attached hydrogen (secondary N) is 3. The van der Waals surface area contributed by atoms with E-state index in [1.165, 1.54) is 6.92 Å². The van der Waals surface area contributed by atoms with Gasteiger partial charge in [-0.15, -0.1) is 0 Å². The van der Waals surface area contributed by atoms with Gasteiger partial charge < -0.3 is 19.9 Å². The molecule has 0 saturated heterocycles. The van der Waals surface area contributed by atoms with Crippen LogP contribution in [0.4, 0.5) is 16.2 Å². The Morgan fingerprint density at radius 3 is 2.32 bits per heavy atom. The maximum atomic E-state index is 12.9. The summed E-state index contributed by atoms with van der Waals surface area (Å²) in [5, 5.41) is 7.83. The second-order valence-corrected chi connectivity index (χ2v) is 7.63. The van der Waals surface area contributed by atoms with Crippen LogP contribution in [0.15, 0.2) is 63.3 Å². The number of alkyl carbamates (subject to hydrolysis) is 1. The number of nitrogens with zero attached hydrogens (tertiary/aromatic N) is 1. The maximum absolute atomic E-state index is 12.9. The Balaban J connectivity index is 2.43. The Kier molecular flexibility index (Phi) is 9.04. The van der Waals surface area contributed by atoms with Crippen molar-refractivity contribution in [3.63, 3.8) is 0 Å². The second kappa shape index (κ2) is 11.7. The standard InChI is InChI=1S/C21H24N4O5S/c1-4-19(27)24-20(25-21(28)30-5-2)23-18-13-16(11-12-17(18)22-14(3)26)31(29)15-9-7-6-8-10-15/h6-13H,4-5H2,1-3H3,(H,22,26)(H2,23,24,25,27,28). The molecule has 3 amide bonds. The van der Waals surface area contributed by atoms with Crippen LogP contribution in [0.3, 0.4) is 0 Å². The van der Waals surface area contributed by atoms with E-state index in [0.717, 1.165) is 0 Å². The SMILES string of the molecule is CCOC(=O)N/C(=N/C(=O)CC)Nc1cc([S+]([O-])c2ccccc2)ccc1NC(C)=O. The van der Waals surface area contributed by atoms with E-state index in [1.807, 2.05) is 6.07 Å². The zero-order chi connectivity index (χ0) is 22.8. The lowest BCUT2D eigenvalue weighted by molar-refractivity contribution is -0.117. The monoisotopic (exact) mass is 444 g/mol. The third-order valence-corrected chi connectivity index (χ3v) is 5.14. The third kappa shape index (κ3) is 7.43. The summed E-state index contributed by atoms with van der Waals surface area (Å²) in [6.07, 6.45) is -0.686. The number of hydrogen-bond donors (Lipinski definition) is 3. The van der Waals surface area contributed by atoms with Crippen LogP contribution in [0.1, 0.15) is 27.2 Å². The van der Waals surface area contributed by atoms with Crippen molar-refractivity contribution in [2.45, 2.75) is 37.0 Å². The molecule has 0 radical (unpaired) electrons. The van der Waals surface area contributed by atoms with Crippen molar-refractivity contribution in [1.29, 1.82) is 0 Å². The van der Waals surface area contributed by atoms with Crippen LogP contribution in [0, 0.1) is 0 Å².